The van der Waals surface area contributed by atoms with E-state index in [1.807, 2.05) is 13.0 Å². The Hall–Kier alpha value is -4.07. The van der Waals surface area contributed by atoms with Crippen LogP contribution in [-0.2, 0) is 11.2 Å². The summed E-state index contributed by atoms with van der Waals surface area (Å²) in [6.07, 6.45) is 5.38. The number of aliphatic imine (C=N–C) groups is 1. The molecule has 1 N–H and O–H groups in total. The van der Waals surface area contributed by atoms with E-state index in [0.29, 0.717) is 34.2 Å². The Kier molecular flexibility index (Phi) is 5.91. The van der Waals surface area contributed by atoms with Crippen LogP contribution >= 0.6 is 0 Å². The number of allylic oxidation sites excluding steroid dienone is 2. The number of hydrogen-bond donors (Lipinski definition) is 1. The topological polar surface area (TPSA) is 89.5 Å². The van der Waals surface area contributed by atoms with Crippen LogP contribution in [0.2, 0.25) is 0 Å². The molecule has 8 heteroatoms. The monoisotopic (exact) mass is 447 g/mol. The molecule has 2 heterocycles. The van der Waals surface area contributed by atoms with E-state index in [1.165, 1.54) is 4.90 Å². The predicted molar refractivity (Wildman–Crippen MR) is 124 cm³/mol. The van der Waals surface area contributed by atoms with Gasteiger partial charge in [-0.15, -0.1) is 0 Å². The number of carbonyl (C=O) groups excluding carboxylic acids is 2. The first-order chi connectivity index (χ1) is 15.9. The SMILES string of the molecule is COc1ccc(C(=O)NC2(Cc3cc(OC)ccc3OC)N=C3C(C)=CC=CN3C2=O)cc1. The number of benzene rings is 2. The maximum absolute atomic E-state index is 13.7. The smallest absolute Gasteiger partial charge is 0.281 e. The molecule has 0 aliphatic carbocycles. The number of methoxy groups -OCH3 is 3. The van der Waals surface area contributed by atoms with Gasteiger partial charge in [-0.2, -0.15) is 0 Å². The second-order valence-corrected chi connectivity index (χ2v) is 7.70. The Balaban J connectivity index is 1.77. The third-order valence-corrected chi connectivity index (χ3v) is 5.64. The highest BCUT2D eigenvalue weighted by Gasteiger charge is 2.50. The van der Waals surface area contributed by atoms with Crippen LogP contribution in [0.15, 0.2) is 71.4 Å². The van der Waals surface area contributed by atoms with Gasteiger partial charge in [0.2, 0.25) is 5.66 Å². The summed E-state index contributed by atoms with van der Waals surface area (Å²) in [7, 11) is 4.67. The second kappa shape index (κ2) is 8.82. The van der Waals surface area contributed by atoms with Gasteiger partial charge in [0.1, 0.15) is 23.1 Å². The standard InChI is InChI=1S/C25H25N3O5/c1-16-6-5-13-28-22(16)26-25(24(28)30,15-18-14-20(32-3)11-12-21(18)33-4)27-23(29)17-7-9-19(31-2)10-8-17/h5-14H,15H2,1-4H3,(H,27,29). The van der Waals surface area contributed by atoms with Crippen molar-refractivity contribution in [1.82, 2.24) is 10.2 Å². The number of rotatable bonds is 7. The predicted octanol–water partition coefficient (Wildman–Crippen LogP) is 3.10. The molecule has 0 aromatic heterocycles. The number of amidine groups is 1. The lowest BCUT2D eigenvalue weighted by Gasteiger charge is -2.27. The zero-order valence-electron chi connectivity index (χ0n) is 18.9. The van der Waals surface area contributed by atoms with Crippen molar-refractivity contribution in [1.29, 1.82) is 0 Å². The molecule has 0 spiro atoms. The zero-order chi connectivity index (χ0) is 23.6. The lowest BCUT2D eigenvalue weighted by molar-refractivity contribution is -0.130. The molecule has 0 fully saturated rings. The van der Waals surface area contributed by atoms with Crippen molar-refractivity contribution in [3.05, 3.63) is 77.5 Å². The van der Waals surface area contributed by atoms with Crippen LogP contribution in [0.5, 0.6) is 17.2 Å². The molecule has 0 saturated heterocycles. The number of ether oxygens (including phenoxy) is 3. The molecule has 2 aromatic rings. The van der Waals surface area contributed by atoms with E-state index < -0.39 is 11.6 Å². The maximum Gasteiger partial charge on any atom is 0.281 e. The van der Waals surface area contributed by atoms with Gasteiger partial charge in [0.25, 0.3) is 11.8 Å². The fourth-order valence-corrected chi connectivity index (χ4v) is 3.88. The second-order valence-electron chi connectivity index (χ2n) is 7.70. The molecule has 1 unspecified atom stereocenters. The molecule has 2 aliphatic rings. The lowest BCUT2D eigenvalue weighted by Crippen LogP contribution is -2.55. The van der Waals surface area contributed by atoms with Gasteiger partial charge in [-0.3, -0.25) is 14.5 Å². The van der Waals surface area contributed by atoms with Crippen LogP contribution in [0.1, 0.15) is 22.8 Å². The third kappa shape index (κ3) is 4.07. The summed E-state index contributed by atoms with van der Waals surface area (Å²) in [4.78, 5) is 33.1. The molecule has 2 aromatic carbocycles. The van der Waals surface area contributed by atoms with Gasteiger partial charge >= 0.3 is 0 Å². The fourth-order valence-electron chi connectivity index (χ4n) is 3.88. The summed E-state index contributed by atoms with van der Waals surface area (Å²) in [5.74, 6) is 1.52. The summed E-state index contributed by atoms with van der Waals surface area (Å²) in [6, 6.07) is 12.0. The Labute approximate surface area is 192 Å². The highest BCUT2D eigenvalue weighted by Crippen LogP contribution is 2.34. The normalized spacial score (nSPS) is 18.9. The van der Waals surface area contributed by atoms with Crippen LogP contribution in [0, 0.1) is 0 Å². The Morgan fingerprint density at radius 1 is 1.03 bits per heavy atom. The molecular formula is C25H25N3O5. The van der Waals surface area contributed by atoms with Crippen LogP contribution in [-0.4, -0.2) is 49.5 Å². The van der Waals surface area contributed by atoms with Crippen molar-refractivity contribution in [3.8, 4) is 17.2 Å². The van der Waals surface area contributed by atoms with Crippen molar-refractivity contribution < 1.29 is 23.8 Å². The van der Waals surface area contributed by atoms with E-state index in [4.69, 9.17) is 19.2 Å². The van der Waals surface area contributed by atoms with Gasteiger partial charge in [-0.25, -0.2) is 4.99 Å². The van der Waals surface area contributed by atoms with E-state index in [0.717, 1.165) is 5.57 Å². The van der Waals surface area contributed by atoms with Crippen LogP contribution in [0.25, 0.3) is 0 Å². The summed E-state index contributed by atoms with van der Waals surface area (Å²) in [6.45, 7) is 1.87. The molecular weight excluding hydrogens is 422 g/mol. The van der Waals surface area contributed by atoms with Crippen molar-refractivity contribution in [2.75, 3.05) is 21.3 Å². The Morgan fingerprint density at radius 2 is 1.73 bits per heavy atom. The first-order valence-electron chi connectivity index (χ1n) is 10.4. The molecule has 33 heavy (non-hydrogen) atoms. The van der Waals surface area contributed by atoms with E-state index in [1.54, 1.807) is 76.1 Å². The average Bonchev–Trinajstić information content (AvgIpc) is 3.11. The molecule has 4 rings (SSSR count). The number of carbonyl (C=O) groups is 2. The van der Waals surface area contributed by atoms with Crippen molar-refractivity contribution >= 4 is 17.6 Å². The number of fused-ring (bicyclic) bond motifs is 1. The minimum absolute atomic E-state index is 0.0786. The van der Waals surface area contributed by atoms with Gasteiger partial charge in [0, 0.05) is 23.7 Å². The van der Waals surface area contributed by atoms with Gasteiger partial charge < -0.3 is 19.5 Å². The van der Waals surface area contributed by atoms with E-state index in [9.17, 15) is 9.59 Å². The third-order valence-electron chi connectivity index (χ3n) is 5.64. The minimum Gasteiger partial charge on any atom is -0.497 e. The molecule has 2 aliphatic heterocycles. The molecule has 0 saturated carbocycles. The van der Waals surface area contributed by atoms with Gasteiger partial charge in [0.05, 0.1) is 21.3 Å². The Morgan fingerprint density at radius 3 is 2.36 bits per heavy atom. The van der Waals surface area contributed by atoms with E-state index in [2.05, 4.69) is 5.32 Å². The first-order valence-corrected chi connectivity index (χ1v) is 10.4. The van der Waals surface area contributed by atoms with Crippen LogP contribution in [0.3, 0.4) is 0 Å². The maximum atomic E-state index is 13.7. The number of nitrogens with zero attached hydrogens (tertiary/aromatic N) is 2. The van der Waals surface area contributed by atoms with Gasteiger partial charge in [-0.1, -0.05) is 6.08 Å². The molecule has 1 atom stereocenters. The molecule has 0 bridgehead atoms. The molecule has 170 valence electrons. The van der Waals surface area contributed by atoms with Crippen LogP contribution < -0.4 is 19.5 Å². The Bertz CT molecular complexity index is 1180. The molecule has 8 nitrogen and oxygen atoms in total. The van der Waals surface area contributed by atoms with E-state index >= 15 is 0 Å². The number of nitrogens with one attached hydrogen (secondary N) is 1. The highest BCUT2D eigenvalue weighted by atomic mass is 16.5. The average molecular weight is 447 g/mol. The van der Waals surface area contributed by atoms with Gasteiger partial charge in [-0.05, 0) is 61.0 Å². The highest BCUT2D eigenvalue weighted by molar-refractivity contribution is 6.17. The number of amides is 2. The number of hydrogen-bond acceptors (Lipinski definition) is 6. The van der Waals surface area contributed by atoms with Crippen molar-refractivity contribution in [2.45, 2.75) is 19.0 Å². The van der Waals surface area contributed by atoms with Gasteiger partial charge in [0.15, 0.2) is 0 Å². The minimum atomic E-state index is -1.56. The molecule has 2 amide bonds. The first kappa shape index (κ1) is 22.1. The summed E-state index contributed by atoms with van der Waals surface area (Å²) < 4.78 is 16.0. The summed E-state index contributed by atoms with van der Waals surface area (Å²) >= 11 is 0. The largest absolute Gasteiger partial charge is 0.497 e. The van der Waals surface area contributed by atoms with E-state index in [-0.39, 0.29) is 12.3 Å². The fraction of sp³-hybridized carbons (Fsp3) is 0.240. The quantitative estimate of drug-likeness (QED) is 0.705. The lowest BCUT2D eigenvalue weighted by atomic mass is 9.97. The van der Waals surface area contributed by atoms with Crippen molar-refractivity contribution in [2.24, 2.45) is 4.99 Å². The molecule has 0 radical (unpaired) electrons. The van der Waals surface area contributed by atoms with Crippen LogP contribution in [0.4, 0.5) is 0 Å². The summed E-state index contributed by atoms with van der Waals surface area (Å²) in [5, 5.41) is 2.89. The van der Waals surface area contributed by atoms with Crippen molar-refractivity contribution in [3.63, 3.8) is 0 Å². The summed E-state index contributed by atoms with van der Waals surface area (Å²) in [5.41, 5.74) is 0.322. The zero-order valence-corrected chi connectivity index (χ0v) is 18.9.